The summed E-state index contributed by atoms with van der Waals surface area (Å²) in [6.07, 6.45) is 1.62. The van der Waals surface area contributed by atoms with Gasteiger partial charge in [-0.3, -0.25) is 15.1 Å². The highest BCUT2D eigenvalue weighted by Gasteiger charge is 2.13. The van der Waals surface area contributed by atoms with Crippen LogP contribution in [0.3, 0.4) is 0 Å². The number of non-ortho nitro benzene ring substituents is 1. The van der Waals surface area contributed by atoms with Gasteiger partial charge in [0, 0.05) is 23.4 Å². The fraction of sp³-hybridized carbons (Fsp3) is 0.105. The molecule has 0 unspecified atom stereocenters. The number of benzene rings is 2. The molecule has 0 aliphatic rings. The highest BCUT2D eigenvalue weighted by molar-refractivity contribution is 7.98. The molecule has 1 N–H and O–H groups in total. The van der Waals surface area contributed by atoms with Crippen LogP contribution in [0.25, 0.3) is 16.8 Å². The number of rotatable bonds is 5. The average molecular weight is 393 g/mol. The molecule has 0 radical (unpaired) electrons. The second-order valence-corrected chi connectivity index (χ2v) is 7.19. The summed E-state index contributed by atoms with van der Waals surface area (Å²) < 4.78 is 1.23. The van der Waals surface area contributed by atoms with E-state index in [0.29, 0.717) is 16.6 Å². The molecule has 8 nitrogen and oxygen atoms in total. The molecule has 0 atom stereocenters. The first-order valence-electron chi connectivity index (χ1n) is 8.42. The summed E-state index contributed by atoms with van der Waals surface area (Å²) in [6, 6.07) is 14.3. The molecule has 0 amide bonds. The third kappa shape index (κ3) is 3.52. The Bertz CT molecular complexity index is 1230. The lowest BCUT2D eigenvalue weighted by atomic mass is 10.1. The van der Waals surface area contributed by atoms with E-state index in [1.807, 2.05) is 31.2 Å². The zero-order valence-electron chi connectivity index (χ0n) is 14.8. The molecule has 0 saturated carbocycles. The smallest absolute Gasteiger partial charge is 0.285 e. The normalized spacial score (nSPS) is 11.0. The lowest BCUT2D eigenvalue weighted by Gasteiger charge is -2.04. The first-order valence-corrected chi connectivity index (χ1v) is 9.41. The van der Waals surface area contributed by atoms with Crippen molar-refractivity contribution in [2.75, 3.05) is 0 Å². The van der Waals surface area contributed by atoms with Crippen molar-refractivity contribution >= 4 is 23.1 Å². The van der Waals surface area contributed by atoms with Crippen molar-refractivity contribution in [3.05, 3.63) is 86.5 Å². The van der Waals surface area contributed by atoms with Crippen LogP contribution in [-0.2, 0) is 5.75 Å². The number of hydrogen-bond acceptors (Lipinski definition) is 6. The van der Waals surface area contributed by atoms with Crippen LogP contribution < -0.4 is 5.69 Å². The van der Waals surface area contributed by atoms with E-state index in [4.69, 9.17) is 0 Å². The number of aromatic nitrogens is 4. The maximum atomic E-state index is 12.4. The standard InChI is InChI=1S/C19H15N5O3S/c1-12-5-7-14(8-6-12)16-10-20-23-17(16)21-18(22-19(23)25)28-11-13-3-2-4-15(9-13)24(26)27/h2-10H,11H2,1H3,(H,21,22,25). The monoisotopic (exact) mass is 393 g/mol. The Hall–Kier alpha value is -3.46. The van der Waals surface area contributed by atoms with Crippen LogP contribution >= 0.6 is 11.8 Å². The fourth-order valence-corrected chi connectivity index (χ4v) is 3.58. The number of nitro groups is 1. The Morgan fingerprint density at radius 3 is 2.75 bits per heavy atom. The number of aryl methyl sites for hydroxylation is 1. The van der Waals surface area contributed by atoms with Crippen molar-refractivity contribution in [3.63, 3.8) is 0 Å². The largest absolute Gasteiger partial charge is 0.350 e. The van der Waals surface area contributed by atoms with Crippen LogP contribution in [0.4, 0.5) is 5.69 Å². The second kappa shape index (κ2) is 7.28. The molecule has 0 aliphatic carbocycles. The van der Waals surface area contributed by atoms with E-state index in [9.17, 15) is 14.9 Å². The third-order valence-electron chi connectivity index (χ3n) is 4.22. The number of thioether (sulfide) groups is 1. The molecular weight excluding hydrogens is 378 g/mol. The predicted molar refractivity (Wildman–Crippen MR) is 106 cm³/mol. The zero-order chi connectivity index (χ0) is 19.7. The topological polar surface area (TPSA) is 106 Å². The van der Waals surface area contributed by atoms with Gasteiger partial charge < -0.3 is 0 Å². The minimum atomic E-state index is -0.430. The number of nitrogens with one attached hydrogen (secondary N) is 1. The van der Waals surface area contributed by atoms with Gasteiger partial charge in [-0.2, -0.15) is 9.61 Å². The van der Waals surface area contributed by atoms with Crippen molar-refractivity contribution in [2.45, 2.75) is 17.8 Å². The number of nitro benzene ring substituents is 1. The Morgan fingerprint density at radius 2 is 2.00 bits per heavy atom. The van der Waals surface area contributed by atoms with E-state index in [1.54, 1.807) is 18.3 Å². The molecular formula is C19H15N5O3S. The van der Waals surface area contributed by atoms with E-state index in [2.05, 4.69) is 15.1 Å². The molecule has 0 spiro atoms. The first-order chi connectivity index (χ1) is 13.5. The van der Waals surface area contributed by atoms with Gasteiger partial charge in [0.05, 0.1) is 11.1 Å². The molecule has 4 aromatic rings. The summed E-state index contributed by atoms with van der Waals surface area (Å²) in [7, 11) is 0. The molecule has 140 valence electrons. The highest BCUT2D eigenvalue weighted by atomic mass is 32.2. The van der Waals surface area contributed by atoms with Gasteiger partial charge in [-0.05, 0) is 18.1 Å². The van der Waals surface area contributed by atoms with Gasteiger partial charge in [-0.1, -0.05) is 53.7 Å². The Labute approximate surface area is 163 Å². The van der Waals surface area contributed by atoms with Gasteiger partial charge in [-0.25, -0.2) is 9.78 Å². The molecule has 2 heterocycles. The van der Waals surface area contributed by atoms with E-state index in [-0.39, 0.29) is 11.4 Å². The first kappa shape index (κ1) is 17.9. The highest BCUT2D eigenvalue weighted by Crippen LogP contribution is 2.25. The summed E-state index contributed by atoms with van der Waals surface area (Å²) in [5.74, 6) is 0.439. The number of aromatic amines is 1. The van der Waals surface area contributed by atoms with Gasteiger partial charge in [0.25, 0.3) is 5.69 Å². The van der Waals surface area contributed by atoms with Crippen LogP contribution in [0.1, 0.15) is 11.1 Å². The van der Waals surface area contributed by atoms with Gasteiger partial charge in [0.1, 0.15) is 0 Å². The maximum Gasteiger partial charge on any atom is 0.350 e. The van der Waals surface area contributed by atoms with Crippen molar-refractivity contribution in [3.8, 4) is 11.1 Å². The predicted octanol–water partition coefficient (Wildman–Crippen LogP) is 3.59. The molecule has 0 bridgehead atoms. The van der Waals surface area contributed by atoms with Crippen molar-refractivity contribution < 1.29 is 4.92 Å². The zero-order valence-corrected chi connectivity index (χ0v) is 15.6. The SMILES string of the molecule is Cc1ccc(-c2cnn3c(=O)[nH]c(SCc4cccc([N+](=O)[O-])c4)nc23)cc1. The average Bonchev–Trinajstić information content (AvgIpc) is 3.12. The number of nitrogens with zero attached hydrogens (tertiary/aromatic N) is 4. The Kier molecular flexibility index (Phi) is 4.66. The van der Waals surface area contributed by atoms with Crippen LogP contribution in [0.5, 0.6) is 0 Å². The quantitative estimate of drug-likeness (QED) is 0.315. The molecule has 2 aromatic heterocycles. The summed E-state index contributed by atoms with van der Waals surface area (Å²) in [4.78, 5) is 30.1. The second-order valence-electron chi connectivity index (χ2n) is 6.22. The molecule has 0 aliphatic heterocycles. The van der Waals surface area contributed by atoms with Crippen LogP contribution in [0.15, 0.2) is 64.7 Å². The Balaban J connectivity index is 1.66. The van der Waals surface area contributed by atoms with Crippen LogP contribution in [-0.4, -0.2) is 24.5 Å². The maximum absolute atomic E-state index is 12.4. The molecule has 0 saturated heterocycles. The molecule has 0 fully saturated rings. The molecule has 28 heavy (non-hydrogen) atoms. The van der Waals surface area contributed by atoms with Gasteiger partial charge >= 0.3 is 5.69 Å². The van der Waals surface area contributed by atoms with Crippen LogP contribution in [0.2, 0.25) is 0 Å². The fourth-order valence-electron chi connectivity index (χ4n) is 2.78. The summed E-state index contributed by atoms with van der Waals surface area (Å²) in [6.45, 7) is 2.01. The minimum absolute atomic E-state index is 0.0347. The lowest BCUT2D eigenvalue weighted by Crippen LogP contribution is -2.19. The molecule has 4 rings (SSSR count). The van der Waals surface area contributed by atoms with Gasteiger partial charge in [0.2, 0.25) is 0 Å². The summed E-state index contributed by atoms with van der Waals surface area (Å²) >= 11 is 1.30. The minimum Gasteiger partial charge on any atom is -0.285 e. The molecule has 2 aromatic carbocycles. The van der Waals surface area contributed by atoms with E-state index >= 15 is 0 Å². The Morgan fingerprint density at radius 1 is 1.21 bits per heavy atom. The van der Waals surface area contributed by atoms with Crippen molar-refractivity contribution in [1.29, 1.82) is 0 Å². The summed E-state index contributed by atoms with van der Waals surface area (Å²) in [5, 5.41) is 15.5. The van der Waals surface area contributed by atoms with E-state index in [1.165, 1.54) is 28.4 Å². The molecule has 9 heteroatoms. The summed E-state index contributed by atoms with van der Waals surface area (Å²) in [5.41, 5.74) is 3.72. The number of fused-ring (bicyclic) bond motifs is 1. The van der Waals surface area contributed by atoms with E-state index < -0.39 is 4.92 Å². The van der Waals surface area contributed by atoms with Gasteiger partial charge in [-0.15, -0.1) is 0 Å². The van der Waals surface area contributed by atoms with Crippen molar-refractivity contribution in [2.24, 2.45) is 0 Å². The number of hydrogen-bond donors (Lipinski definition) is 1. The van der Waals surface area contributed by atoms with Crippen LogP contribution in [0, 0.1) is 17.0 Å². The van der Waals surface area contributed by atoms with Gasteiger partial charge in [0.15, 0.2) is 10.8 Å². The third-order valence-corrected chi connectivity index (χ3v) is 5.16. The van der Waals surface area contributed by atoms with Crippen molar-refractivity contribution in [1.82, 2.24) is 19.6 Å². The number of H-pyrrole nitrogens is 1. The lowest BCUT2D eigenvalue weighted by molar-refractivity contribution is -0.384. The van der Waals surface area contributed by atoms with E-state index in [0.717, 1.165) is 22.3 Å².